The Hall–Kier alpha value is -3.30. The number of hydrogen-bond donors (Lipinski definition) is 2. The Bertz CT molecular complexity index is 921. The molecule has 1 amide bonds. The fourth-order valence-electron chi connectivity index (χ4n) is 2.99. The molecule has 6 nitrogen and oxygen atoms in total. The molecule has 154 valence electrons. The number of carbonyl (C=O) groups is 2. The molecule has 1 fully saturated rings. The normalized spacial score (nSPS) is 17.9. The summed E-state index contributed by atoms with van der Waals surface area (Å²) in [5.41, 5.74) is 0.506. The molecule has 0 heterocycles. The molecule has 29 heavy (non-hydrogen) atoms. The lowest BCUT2D eigenvalue weighted by atomic mass is 10.1. The molecule has 1 saturated carbocycles. The Morgan fingerprint density at radius 2 is 1.66 bits per heavy atom. The first kappa shape index (κ1) is 20.4. The average molecular weight is 413 g/mol. The van der Waals surface area contributed by atoms with Crippen LogP contribution in [0.25, 0.3) is 0 Å². The minimum Gasteiger partial charge on any atom is -0.478 e. The second kappa shape index (κ2) is 8.38. The molecule has 0 unspecified atom stereocenters. The molecule has 2 atom stereocenters. The number of hydrogen-bond acceptors (Lipinski definition) is 4. The highest BCUT2D eigenvalue weighted by atomic mass is 19.3. The third-order valence-electron chi connectivity index (χ3n) is 4.37. The van der Waals surface area contributed by atoms with Crippen molar-refractivity contribution in [1.29, 1.82) is 0 Å². The van der Waals surface area contributed by atoms with Gasteiger partial charge in [-0.15, -0.1) is 0 Å². The SMILES string of the molecule is O=C(O)c1ccccc1NC(=O)[C@@H]1C[C@H]1c1ccc(OC(F)F)c(OC(F)F)c1. The zero-order chi connectivity index (χ0) is 21.1. The van der Waals surface area contributed by atoms with Crippen molar-refractivity contribution in [2.45, 2.75) is 25.6 Å². The van der Waals surface area contributed by atoms with Gasteiger partial charge in [0.05, 0.1) is 11.3 Å². The van der Waals surface area contributed by atoms with E-state index >= 15 is 0 Å². The maximum absolute atomic E-state index is 12.6. The van der Waals surface area contributed by atoms with Gasteiger partial charge in [-0.3, -0.25) is 4.79 Å². The smallest absolute Gasteiger partial charge is 0.387 e. The van der Waals surface area contributed by atoms with Crippen LogP contribution >= 0.6 is 0 Å². The van der Waals surface area contributed by atoms with Gasteiger partial charge in [0.2, 0.25) is 5.91 Å². The largest absolute Gasteiger partial charge is 0.478 e. The van der Waals surface area contributed by atoms with Gasteiger partial charge in [0, 0.05) is 5.92 Å². The van der Waals surface area contributed by atoms with Crippen molar-refractivity contribution in [3.8, 4) is 11.5 Å². The number of carbonyl (C=O) groups excluding carboxylic acids is 1. The van der Waals surface area contributed by atoms with Gasteiger partial charge in [-0.2, -0.15) is 17.6 Å². The van der Waals surface area contributed by atoms with Crippen LogP contribution in [-0.2, 0) is 4.79 Å². The van der Waals surface area contributed by atoms with Crippen LogP contribution in [0, 0.1) is 5.92 Å². The van der Waals surface area contributed by atoms with Crippen LogP contribution in [0.4, 0.5) is 23.2 Å². The molecule has 1 aliphatic rings. The summed E-state index contributed by atoms with van der Waals surface area (Å²) in [4.78, 5) is 23.6. The highest BCUT2D eigenvalue weighted by Gasteiger charge is 2.44. The second-order valence-electron chi connectivity index (χ2n) is 6.25. The predicted molar refractivity (Wildman–Crippen MR) is 92.6 cm³/mol. The number of carboxylic acid groups (broad SMARTS) is 1. The zero-order valence-electron chi connectivity index (χ0n) is 14.7. The summed E-state index contributed by atoms with van der Waals surface area (Å²) >= 11 is 0. The molecule has 0 bridgehead atoms. The standard InChI is InChI=1S/C19H15F4NO5/c20-18(21)28-14-6-5-9(7-15(14)29-19(22)23)11-8-12(11)16(25)24-13-4-2-1-3-10(13)17(26)27/h1-7,11-12,18-19H,8H2,(H,24,25)(H,26,27)/t11-,12+/m0/s1. The van der Waals surface area contributed by atoms with Crippen molar-refractivity contribution in [3.05, 3.63) is 53.6 Å². The molecule has 0 radical (unpaired) electrons. The second-order valence-corrected chi connectivity index (χ2v) is 6.25. The van der Waals surface area contributed by atoms with E-state index in [1.165, 1.54) is 24.3 Å². The number of nitrogens with one attached hydrogen (secondary N) is 1. The van der Waals surface area contributed by atoms with Gasteiger partial charge in [-0.05, 0) is 42.2 Å². The monoisotopic (exact) mass is 413 g/mol. The van der Waals surface area contributed by atoms with Crippen LogP contribution < -0.4 is 14.8 Å². The summed E-state index contributed by atoms with van der Waals surface area (Å²) < 4.78 is 58.4. The van der Waals surface area contributed by atoms with Crippen molar-refractivity contribution in [2.24, 2.45) is 5.92 Å². The molecule has 2 aromatic rings. The first-order valence-corrected chi connectivity index (χ1v) is 8.43. The molecular weight excluding hydrogens is 398 g/mol. The van der Waals surface area contributed by atoms with E-state index in [4.69, 9.17) is 5.11 Å². The number of halogens is 4. The fraction of sp³-hybridized carbons (Fsp3) is 0.263. The van der Waals surface area contributed by atoms with Crippen molar-refractivity contribution >= 4 is 17.6 Å². The van der Waals surface area contributed by atoms with E-state index in [9.17, 15) is 27.2 Å². The topological polar surface area (TPSA) is 84.9 Å². The molecule has 2 aromatic carbocycles. The number of carboxylic acids is 1. The molecule has 1 aliphatic carbocycles. The molecule has 2 N–H and O–H groups in total. The number of para-hydroxylation sites is 1. The molecular formula is C19H15F4NO5. The van der Waals surface area contributed by atoms with Crippen molar-refractivity contribution < 1.29 is 41.7 Å². The van der Waals surface area contributed by atoms with Crippen LogP contribution in [0.2, 0.25) is 0 Å². The van der Waals surface area contributed by atoms with Crippen molar-refractivity contribution in [1.82, 2.24) is 0 Å². The number of alkyl halides is 4. The number of aromatic carboxylic acids is 1. The van der Waals surface area contributed by atoms with E-state index in [0.29, 0.717) is 12.0 Å². The number of rotatable bonds is 8. The summed E-state index contributed by atoms with van der Waals surface area (Å²) in [5, 5.41) is 11.7. The lowest BCUT2D eigenvalue weighted by Gasteiger charge is -2.13. The summed E-state index contributed by atoms with van der Waals surface area (Å²) in [6.07, 6.45) is 0.379. The molecule has 3 rings (SSSR count). The van der Waals surface area contributed by atoms with Gasteiger partial charge in [0.15, 0.2) is 11.5 Å². The lowest BCUT2D eigenvalue weighted by Crippen LogP contribution is -2.17. The minimum absolute atomic E-state index is 0.0702. The molecule has 10 heteroatoms. The zero-order valence-corrected chi connectivity index (χ0v) is 14.7. The summed E-state index contributed by atoms with van der Waals surface area (Å²) in [7, 11) is 0. The first-order valence-electron chi connectivity index (χ1n) is 8.43. The van der Waals surface area contributed by atoms with Crippen LogP contribution in [0.1, 0.15) is 28.3 Å². The minimum atomic E-state index is -3.24. The molecule has 0 aromatic heterocycles. The predicted octanol–water partition coefficient (Wildman–Crippen LogP) is 4.33. The molecule has 0 saturated heterocycles. The quantitative estimate of drug-likeness (QED) is 0.630. The number of anilines is 1. The Kier molecular flexibility index (Phi) is 5.90. The van der Waals surface area contributed by atoms with Crippen LogP contribution in [-0.4, -0.2) is 30.2 Å². The average Bonchev–Trinajstić information content (AvgIpc) is 3.43. The van der Waals surface area contributed by atoms with Gasteiger partial charge < -0.3 is 19.9 Å². The Morgan fingerprint density at radius 3 is 2.31 bits per heavy atom. The van der Waals surface area contributed by atoms with Gasteiger partial charge >= 0.3 is 19.2 Å². The van der Waals surface area contributed by atoms with Gasteiger partial charge in [0.1, 0.15) is 0 Å². The highest BCUT2D eigenvalue weighted by Crippen LogP contribution is 2.49. The maximum Gasteiger partial charge on any atom is 0.387 e. The summed E-state index contributed by atoms with van der Waals surface area (Å²) in [6, 6.07) is 9.48. The maximum atomic E-state index is 12.6. The van der Waals surface area contributed by atoms with Crippen LogP contribution in [0.15, 0.2) is 42.5 Å². The van der Waals surface area contributed by atoms with E-state index in [-0.39, 0.29) is 17.2 Å². The number of amides is 1. The van der Waals surface area contributed by atoms with Crippen LogP contribution in [0.3, 0.4) is 0 Å². The van der Waals surface area contributed by atoms with E-state index in [2.05, 4.69) is 14.8 Å². The first-order chi connectivity index (χ1) is 13.8. The van der Waals surface area contributed by atoms with Gasteiger partial charge in [-0.25, -0.2) is 4.79 Å². The fourth-order valence-corrected chi connectivity index (χ4v) is 2.99. The van der Waals surface area contributed by atoms with Crippen molar-refractivity contribution in [2.75, 3.05) is 5.32 Å². The van der Waals surface area contributed by atoms with E-state index in [0.717, 1.165) is 12.1 Å². The van der Waals surface area contributed by atoms with Gasteiger partial charge in [0.25, 0.3) is 0 Å². The Morgan fingerprint density at radius 1 is 1.00 bits per heavy atom. The van der Waals surface area contributed by atoms with Gasteiger partial charge in [-0.1, -0.05) is 18.2 Å². The van der Waals surface area contributed by atoms with E-state index < -0.39 is 42.5 Å². The lowest BCUT2D eigenvalue weighted by molar-refractivity contribution is -0.117. The third kappa shape index (κ3) is 4.95. The Balaban J connectivity index is 1.73. The van der Waals surface area contributed by atoms with Crippen LogP contribution in [0.5, 0.6) is 11.5 Å². The summed E-state index contributed by atoms with van der Waals surface area (Å²) in [6.45, 7) is -6.45. The number of ether oxygens (including phenoxy) is 2. The Labute approximate surface area is 162 Å². The highest BCUT2D eigenvalue weighted by molar-refractivity contribution is 6.02. The van der Waals surface area contributed by atoms with E-state index in [1.807, 2.05) is 0 Å². The summed E-state index contributed by atoms with van der Waals surface area (Å²) in [5.74, 6) is -3.61. The van der Waals surface area contributed by atoms with Crippen molar-refractivity contribution in [3.63, 3.8) is 0 Å². The third-order valence-corrected chi connectivity index (χ3v) is 4.37. The molecule has 0 aliphatic heterocycles. The van der Waals surface area contributed by atoms with E-state index in [1.54, 1.807) is 6.07 Å². The molecule has 0 spiro atoms. The number of benzene rings is 2.